The molecule has 0 unspecified atom stereocenters. The Kier molecular flexibility index (Phi) is 7.48. The lowest BCUT2D eigenvalue weighted by Crippen LogP contribution is -2.56. The number of benzene rings is 1. The van der Waals surface area contributed by atoms with Crippen LogP contribution in [-0.4, -0.2) is 56.0 Å². The molecule has 2 amide bonds. The molecule has 2 N–H and O–H groups in total. The van der Waals surface area contributed by atoms with E-state index in [4.69, 9.17) is 4.74 Å². The average Bonchev–Trinajstić information content (AvgIpc) is 3.25. The Morgan fingerprint density at radius 3 is 2.43 bits per heavy atom. The van der Waals surface area contributed by atoms with Crippen molar-refractivity contribution in [2.75, 3.05) is 31.2 Å². The molecule has 164 valence electrons. The molecule has 3 rings (SSSR count). The number of hydrogen-bond donors (Lipinski definition) is 2. The first kappa shape index (κ1) is 22.3. The monoisotopic (exact) mass is 415 g/mol. The zero-order chi connectivity index (χ0) is 21.7. The molecule has 0 radical (unpaired) electrons. The summed E-state index contributed by atoms with van der Waals surface area (Å²) >= 11 is 0. The van der Waals surface area contributed by atoms with Gasteiger partial charge in [-0.15, -0.1) is 0 Å². The summed E-state index contributed by atoms with van der Waals surface area (Å²) < 4.78 is 5.23. The highest BCUT2D eigenvalue weighted by atomic mass is 16.5. The number of nitrogens with one attached hydrogen (secondary N) is 2. The fraction of sp³-hybridized carbons (Fsp3) is 0.609. The molecule has 7 heteroatoms. The van der Waals surface area contributed by atoms with E-state index in [-0.39, 0.29) is 36.0 Å². The van der Waals surface area contributed by atoms with E-state index < -0.39 is 12.1 Å². The van der Waals surface area contributed by atoms with Gasteiger partial charge in [-0.2, -0.15) is 0 Å². The van der Waals surface area contributed by atoms with E-state index in [1.807, 2.05) is 32.9 Å². The van der Waals surface area contributed by atoms with Gasteiger partial charge in [0.05, 0.1) is 12.6 Å². The van der Waals surface area contributed by atoms with Crippen LogP contribution in [0.25, 0.3) is 0 Å². The molecule has 30 heavy (non-hydrogen) atoms. The predicted octanol–water partition coefficient (Wildman–Crippen LogP) is 2.15. The van der Waals surface area contributed by atoms with E-state index in [0.29, 0.717) is 18.6 Å². The normalized spacial score (nSPS) is 22.8. The van der Waals surface area contributed by atoms with Crippen LogP contribution in [0.1, 0.15) is 50.4 Å². The summed E-state index contributed by atoms with van der Waals surface area (Å²) in [4.78, 5) is 40.2. The number of nitrogens with zero attached hydrogens (tertiary/aromatic N) is 1. The standard InChI is InChI=1S/C23H33N3O4/c1-15(2)12-19(23(29)25-21-16(3)13-30-14-20(21)27)24-22(28)17-6-8-18(9-7-17)26-10-4-5-11-26/h6-9,15-16,19,21H,4-5,10-14H2,1-3H3,(H,24,28)(H,25,29)/t16-,19+,21+/m1/s1. The van der Waals surface area contributed by atoms with Crippen LogP contribution in [0.2, 0.25) is 0 Å². The number of anilines is 1. The Morgan fingerprint density at radius 2 is 1.83 bits per heavy atom. The highest BCUT2D eigenvalue weighted by Gasteiger charge is 2.33. The molecule has 2 aliphatic heterocycles. The first-order valence-corrected chi connectivity index (χ1v) is 10.9. The van der Waals surface area contributed by atoms with Gasteiger partial charge in [-0.05, 0) is 49.4 Å². The molecule has 2 heterocycles. The van der Waals surface area contributed by atoms with E-state index in [0.717, 1.165) is 18.8 Å². The minimum absolute atomic E-state index is 0.0137. The van der Waals surface area contributed by atoms with Gasteiger partial charge in [-0.3, -0.25) is 14.4 Å². The second-order valence-corrected chi connectivity index (χ2v) is 8.84. The predicted molar refractivity (Wildman–Crippen MR) is 116 cm³/mol. The van der Waals surface area contributed by atoms with Crippen molar-refractivity contribution in [3.8, 4) is 0 Å². The molecular weight excluding hydrogens is 382 g/mol. The maximum Gasteiger partial charge on any atom is 0.251 e. The fourth-order valence-corrected chi connectivity index (χ4v) is 4.07. The Balaban J connectivity index is 1.65. The van der Waals surface area contributed by atoms with Crippen molar-refractivity contribution in [2.45, 2.75) is 52.1 Å². The summed E-state index contributed by atoms with van der Waals surface area (Å²) in [7, 11) is 0. The molecule has 7 nitrogen and oxygen atoms in total. The Labute approximate surface area is 178 Å². The highest BCUT2D eigenvalue weighted by molar-refractivity contribution is 5.99. The van der Waals surface area contributed by atoms with Crippen molar-refractivity contribution in [3.63, 3.8) is 0 Å². The third-order valence-electron chi connectivity index (χ3n) is 5.77. The van der Waals surface area contributed by atoms with Crippen LogP contribution < -0.4 is 15.5 Å². The smallest absolute Gasteiger partial charge is 0.251 e. The van der Waals surface area contributed by atoms with E-state index in [2.05, 4.69) is 15.5 Å². The van der Waals surface area contributed by atoms with Crippen molar-refractivity contribution >= 4 is 23.3 Å². The first-order valence-electron chi connectivity index (χ1n) is 10.9. The second-order valence-electron chi connectivity index (χ2n) is 8.84. The molecule has 3 atom stereocenters. The van der Waals surface area contributed by atoms with Crippen molar-refractivity contribution in [1.29, 1.82) is 0 Å². The van der Waals surface area contributed by atoms with Crippen LogP contribution >= 0.6 is 0 Å². The number of amides is 2. The van der Waals surface area contributed by atoms with Gasteiger partial charge in [-0.1, -0.05) is 20.8 Å². The number of ketones is 1. The maximum absolute atomic E-state index is 12.9. The van der Waals surface area contributed by atoms with Crippen molar-refractivity contribution in [3.05, 3.63) is 29.8 Å². The van der Waals surface area contributed by atoms with Crippen molar-refractivity contribution in [2.24, 2.45) is 11.8 Å². The lowest BCUT2D eigenvalue weighted by atomic mass is 9.95. The van der Waals surface area contributed by atoms with Crippen LogP contribution in [0.15, 0.2) is 24.3 Å². The number of Topliss-reactive ketones (excluding diaryl/α,β-unsaturated/α-hetero) is 1. The molecule has 0 bridgehead atoms. The highest BCUT2D eigenvalue weighted by Crippen LogP contribution is 2.20. The zero-order valence-corrected chi connectivity index (χ0v) is 18.1. The van der Waals surface area contributed by atoms with Crippen LogP contribution in [0, 0.1) is 11.8 Å². The third-order valence-corrected chi connectivity index (χ3v) is 5.77. The second kappa shape index (κ2) is 10.1. The lowest BCUT2D eigenvalue weighted by molar-refractivity contribution is -0.137. The van der Waals surface area contributed by atoms with Gasteiger partial charge in [0.25, 0.3) is 5.91 Å². The van der Waals surface area contributed by atoms with Crippen LogP contribution in [0.3, 0.4) is 0 Å². The van der Waals surface area contributed by atoms with Gasteiger partial charge in [0.1, 0.15) is 12.6 Å². The molecule has 2 fully saturated rings. The fourth-order valence-electron chi connectivity index (χ4n) is 4.07. The van der Waals surface area contributed by atoms with Gasteiger partial charge in [0, 0.05) is 30.3 Å². The zero-order valence-electron chi connectivity index (χ0n) is 18.1. The molecule has 0 spiro atoms. The molecule has 1 aromatic carbocycles. The lowest BCUT2D eigenvalue weighted by Gasteiger charge is -2.30. The summed E-state index contributed by atoms with van der Waals surface area (Å²) in [5.74, 6) is -0.618. The van der Waals surface area contributed by atoms with E-state index in [1.54, 1.807) is 12.1 Å². The maximum atomic E-state index is 12.9. The first-order chi connectivity index (χ1) is 14.3. The largest absolute Gasteiger partial charge is 0.373 e. The Hall–Kier alpha value is -2.41. The van der Waals surface area contributed by atoms with Crippen LogP contribution in [0.5, 0.6) is 0 Å². The molecule has 2 aliphatic rings. The average molecular weight is 416 g/mol. The summed E-state index contributed by atoms with van der Waals surface area (Å²) in [5.41, 5.74) is 1.64. The van der Waals surface area contributed by atoms with Crippen LogP contribution in [0.4, 0.5) is 5.69 Å². The van der Waals surface area contributed by atoms with Crippen molar-refractivity contribution in [1.82, 2.24) is 10.6 Å². The van der Waals surface area contributed by atoms with E-state index >= 15 is 0 Å². The molecule has 0 saturated carbocycles. The third kappa shape index (κ3) is 5.59. The van der Waals surface area contributed by atoms with Gasteiger partial charge < -0.3 is 20.3 Å². The van der Waals surface area contributed by atoms with E-state index in [9.17, 15) is 14.4 Å². The number of ether oxygens (including phenoxy) is 1. The summed E-state index contributed by atoms with van der Waals surface area (Å²) in [5, 5.41) is 5.70. The topological polar surface area (TPSA) is 87.7 Å². The Morgan fingerprint density at radius 1 is 1.17 bits per heavy atom. The van der Waals surface area contributed by atoms with E-state index in [1.165, 1.54) is 12.8 Å². The number of carbonyl (C=O) groups is 3. The molecule has 0 aromatic heterocycles. The van der Waals surface area contributed by atoms with Gasteiger partial charge in [-0.25, -0.2) is 0 Å². The SMILES string of the molecule is CC(C)C[C@H](NC(=O)c1ccc(N2CCCC2)cc1)C(=O)N[C@@H]1C(=O)COC[C@H]1C. The minimum Gasteiger partial charge on any atom is -0.373 e. The molecule has 2 saturated heterocycles. The number of carbonyl (C=O) groups excluding carboxylic acids is 3. The van der Waals surface area contributed by atoms with Crippen LogP contribution in [-0.2, 0) is 14.3 Å². The van der Waals surface area contributed by atoms with Gasteiger partial charge in [0.15, 0.2) is 5.78 Å². The van der Waals surface area contributed by atoms with Crippen molar-refractivity contribution < 1.29 is 19.1 Å². The molecule has 1 aromatic rings. The number of rotatable bonds is 7. The van der Waals surface area contributed by atoms with Gasteiger partial charge >= 0.3 is 0 Å². The minimum atomic E-state index is -0.696. The Bertz CT molecular complexity index is 756. The summed E-state index contributed by atoms with van der Waals surface area (Å²) in [6.45, 7) is 8.41. The summed E-state index contributed by atoms with van der Waals surface area (Å²) in [6.07, 6.45) is 2.89. The quantitative estimate of drug-likeness (QED) is 0.713. The number of hydrogen-bond acceptors (Lipinski definition) is 5. The van der Waals surface area contributed by atoms with Gasteiger partial charge in [0.2, 0.25) is 5.91 Å². The molecular formula is C23H33N3O4. The summed E-state index contributed by atoms with van der Waals surface area (Å²) in [6, 6.07) is 6.26. The molecule has 0 aliphatic carbocycles.